The van der Waals surface area contributed by atoms with E-state index in [1.165, 1.54) is 6.07 Å². The molecule has 0 aliphatic heterocycles. The van der Waals surface area contributed by atoms with Gasteiger partial charge >= 0.3 is 5.69 Å². The molecule has 1 aromatic carbocycles. The van der Waals surface area contributed by atoms with E-state index in [1.54, 1.807) is 12.2 Å². The van der Waals surface area contributed by atoms with E-state index in [2.05, 4.69) is 0 Å². The van der Waals surface area contributed by atoms with Crippen molar-refractivity contribution in [3.05, 3.63) is 45.8 Å². The van der Waals surface area contributed by atoms with Crippen molar-refractivity contribution in [3.63, 3.8) is 0 Å². The van der Waals surface area contributed by atoms with Gasteiger partial charge in [-0.3, -0.25) is 10.1 Å². The first-order valence-electron chi connectivity index (χ1n) is 4.36. The second-order valence-corrected chi connectivity index (χ2v) is 2.88. The largest absolute Gasteiger partial charge is 0.396 e. The molecule has 5 heteroatoms. The van der Waals surface area contributed by atoms with E-state index in [9.17, 15) is 14.5 Å². The first-order chi connectivity index (χ1) is 7.15. The molecule has 1 N–H and O–H groups in total. The van der Waals surface area contributed by atoms with Crippen molar-refractivity contribution in [2.24, 2.45) is 0 Å². The molecule has 0 unspecified atom stereocenters. The van der Waals surface area contributed by atoms with Gasteiger partial charge in [-0.25, -0.2) is 0 Å². The molecule has 0 radical (unpaired) electrons. The fraction of sp³-hybridized carbons (Fsp3) is 0.200. The van der Waals surface area contributed by atoms with Crippen LogP contribution in [0.2, 0.25) is 0 Å². The Morgan fingerprint density at radius 1 is 1.53 bits per heavy atom. The minimum Gasteiger partial charge on any atom is -0.396 e. The molecule has 15 heavy (non-hydrogen) atoms. The lowest BCUT2D eigenvalue weighted by Gasteiger charge is -1.95. The summed E-state index contributed by atoms with van der Waals surface area (Å²) in [6.07, 6.45) is 3.74. The number of aliphatic hydroxyl groups excluding tert-OH is 1. The van der Waals surface area contributed by atoms with Gasteiger partial charge in [0.25, 0.3) is 0 Å². The van der Waals surface area contributed by atoms with Crippen LogP contribution in [-0.2, 0) is 0 Å². The van der Waals surface area contributed by atoms with Gasteiger partial charge in [-0.2, -0.15) is 4.39 Å². The number of halogens is 1. The van der Waals surface area contributed by atoms with Gasteiger partial charge in [0.2, 0.25) is 5.82 Å². The molecule has 0 saturated heterocycles. The van der Waals surface area contributed by atoms with E-state index in [-0.39, 0.29) is 6.61 Å². The zero-order chi connectivity index (χ0) is 11.3. The smallest absolute Gasteiger partial charge is 0.304 e. The minimum atomic E-state index is -0.855. The van der Waals surface area contributed by atoms with Crippen molar-refractivity contribution in [2.45, 2.75) is 6.42 Å². The van der Waals surface area contributed by atoms with E-state index >= 15 is 0 Å². The Kier molecular flexibility index (Phi) is 3.93. The summed E-state index contributed by atoms with van der Waals surface area (Å²) in [5.74, 6) is -0.855. The van der Waals surface area contributed by atoms with Crippen LogP contribution < -0.4 is 0 Å². The summed E-state index contributed by atoms with van der Waals surface area (Å²) in [6.45, 7) is 0.0198. The van der Waals surface area contributed by atoms with Crippen LogP contribution in [0.1, 0.15) is 12.0 Å². The molecule has 1 rings (SSSR count). The van der Waals surface area contributed by atoms with Crippen LogP contribution in [0.3, 0.4) is 0 Å². The fourth-order valence-electron chi connectivity index (χ4n) is 1.07. The SMILES string of the molecule is O=[N+]([O-])c1ccc(C=CCCO)cc1F. The van der Waals surface area contributed by atoms with Crippen LogP contribution in [0.25, 0.3) is 6.08 Å². The molecule has 0 aliphatic carbocycles. The summed E-state index contributed by atoms with van der Waals surface area (Å²) in [5.41, 5.74) is 0.000795. The summed E-state index contributed by atoms with van der Waals surface area (Å²) in [7, 11) is 0. The third kappa shape index (κ3) is 3.14. The molecule has 1 aromatic rings. The lowest BCUT2D eigenvalue weighted by Crippen LogP contribution is -1.92. The first kappa shape index (κ1) is 11.3. The highest BCUT2D eigenvalue weighted by atomic mass is 19.1. The number of rotatable bonds is 4. The monoisotopic (exact) mass is 211 g/mol. The Hall–Kier alpha value is -1.75. The van der Waals surface area contributed by atoms with Gasteiger partial charge in [0.05, 0.1) is 4.92 Å². The maximum Gasteiger partial charge on any atom is 0.304 e. The van der Waals surface area contributed by atoms with Crippen LogP contribution in [0, 0.1) is 15.9 Å². The van der Waals surface area contributed by atoms with Gasteiger partial charge in [0.15, 0.2) is 0 Å². The average Bonchev–Trinajstić information content (AvgIpc) is 2.17. The summed E-state index contributed by atoms with van der Waals surface area (Å²) >= 11 is 0. The molecule has 0 atom stereocenters. The highest BCUT2D eigenvalue weighted by Crippen LogP contribution is 2.18. The van der Waals surface area contributed by atoms with Gasteiger partial charge in [-0.05, 0) is 24.1 Å². The normalized spacial score (nSPS) is 10.8. The highest BCUT2D eigenvalue weighted by Gasteiger charge is 2.12. The zero-order valence-electron chi connectivity index (χ0n) is 7.89. The van der Waals surface area contributed by atoms with Crippen molar-refractivity contribution in [1.29, 1.82) is 0 Å². The van der Waals surface area contributed by atoms with Crippen molar-refractivity contribution in [1.82, 2.24) is 0 Å². The van der Waals surface area contributed by atoms with E-state index in [0.717, 1.165) is 12.1 Å². The summed E-state index contributed by atoms with van der Waals surface area (Å²) < 4.78 is 13.1. The Morgan fingerprint density at radius 2 is 2.27 bits per heavy atom. The number of aliphatic hydroxyl groups is 1. The van der Waals surface area contributed by atoms with Gasteiger partial charge < -0.3 is 5.11 Å². The first-order valence-corrected chi connectivity index (χ1v) is 4.36. The van der Waals surface area contributed by atoms with Crippen LogP contribution >= 0.6 is 0 Å². The number of hydrogen-bond donors (Lipinski definition) is 1. The second kappa shape index (κ2) is 5.21. The molecule has 0 fully saturated rings. The zero-order valence-corrected chi connectivity index (χ0v) is 7.89. The van der Waals surface area contributed by atoms with Crippen LogP contribution in [0.15, 0.2) is 24.3 Å². The van der Waals surface area contributed by atoms with Crippen LogP contribution in [0.4, 0.5) is 10.1 Å². The predicted molar refractivity (Wildman–Crippen MR) is 53.8 cm³/mol. The third-order valence-corrected chi connectivity index (χ3v) is 1.77. The lowest BCUT2D eigenvalue weighted by molar-refractivity contribution is -0.387. The molecule has 0 saturated carbocycles. The molecule has 0 amide bonds. The number of benzene rings is 1. The summed E-state index contributed by atoms with van der Waals surface area (Å²) in [4.78, 5) is 9.54. The van der Waals surface area contributed by atoms with Gasteiger partial charge in [-0.15, -0.1) is 0 Å². The van der Waals surface area contributed by atoms with Crippen molar-refractivity contribution >= 4 is 11.8 Å². The second-order valence-electron chi connectivity index (χ2n) is 2.88. The van der Waals surface area contributed by atoms with Crippen molar-refractivity contribution < 1.29 is 14.4 Å². The van der Waals surface area contributed by atoms with Crippen molar-refractivity contribution in [2.75, 3.05) is 6.61 Å². The Morgan fingerprint density at radius 3 is 2.80 bits per heavy atom. The van der Waals surface area contributed by atoms with Gasteiger partial charge in [-0.1, -0.05) is 12.2 Å². The Labute approximate surface area is 85.8 Å². The molecular formula is C10H10FNO3. The molecule has 0 bridgehead atoms. The third-order valence-electron chi connectivity index (χ3n) is 1.77. The fourth-order valence-corrected chi connectivity index (χ4v) is 1.07. The summed E-state index contributed by atoms with van der Waals surface area (Å²) in [5, 5.41) is 18.8. The maximum atomic E-state index is 13.1. The highest BCUT2D eigenvalue weighted by molar-refractivity contribution is 5.52. The van der Waals surface area contributed by atoms with Gasteiger partial charge in [0.1, 0.15) is 0 Å². The van der Waals surface area contributed by atoms with E-state index < -0.39 is 16.4 Å². The molecule has 0 aliphatic rings. The minimum absolute atomic E-state index is 0.0198. The standard InChI is InChI=1S/C10H10FNO3/c11-9-7-8(3-1-2-6-13)4-5-10(9)12(14)15/h1,3-5,7,13H,2,6H2. The quantitative estimate of drug-likeness (QED) is 0.612. The maximum absolute atomic E-state index is 13.1. The van der Waals surface area contributed by atoms with Crippen molar-refractivity contribution in [3.8, 4) is 0 Å². The Bertz CT molecular complexity index is 390. The molecule has 0 spiro atoms. The lowest BCUT2D eigenvalue weighted by atomic mass is 10.2. The van der Waals surface area contributed by atoms with E-state index in [0.29, 0.717) is 12.0 Å². The van der Waals surface area contributed by atoms with E-state index in [1.807, 2.05) is 0 Å². The number of nitro benzene ring substituents is 1. The molecular weight excluding hydrogens is 201 g/mol. The molecule has 0 heterocycles. The van der Waals surface area contributed by atoms with Crippen LogP contribution in [0.5, 0.6) is 0 Å². The summed E-state index contributed by atoms with van der Waals surface area (Å²) in [6, 6.07) is 3.66. The number of nitro groups is 1. The number of hydrogen-bond acceptors (Lipinski definition) is 3. The Balaban J connectivity index is 2.87. The molecule has 4 nitrogen and oxygen atoms in total. The van der Waals surface area contributed by atoms with E-state index in [4.69, 9.17) is 5.11 Å². The van der Waals surface area contributed by atoms with Gasteiger partial charge in [0, 0.05) is 12.7 Å². The van der Waals surface area contributed by atoms with Crippen LogP contribution in [-0.4, -0.2) is 16.6 Å². The number of nitrogens with zero attached hydrogens (tertiary/aromatic N) is 1. The predicted octanol–water partition coefficient (Wildman–Crippen LogP) is 2.13. The molecule has 80 valence electrons. The topological polar surface area (TPSA) is 63.4 Å². The molecule has 0 aromatic heterocycles. The average molecular weight is 211 g/mol.